The van der Waals surface area contributed by atoms with Crippen LogP contribution >= 0.6 is 11.8 Å². The van der Waals surface area contributed by atoms with Gasteiger partial charge in [0.25, 0.3) is 5.91 Å². The lowest BCUT2D eigenvalue weighted by Gasteiger charge is -2.31. The second-order valence-electron chi connectivity index (χ2n) is 4.47. The molecular weight excluding hydrogens is 276 g/mol. The summed E-state index contributed by atoms with van der Waals surface area (Å²) in [7, 11) is 0. The Hall–Kier alpha value is -1.63. The van der Waals surface area contributed by atoms with Crippen molar-refractivity contribution in [1.82, 2.24) is 10.0 Å². The van der Waals surface area contributed by atoms with Crippen molar-refractivity contribution < 1.29 is 14.3 Å². The van der Waals surface area contributed by atoms with Crippen LogP contribution in [0.4, 0.5) is 4.79 Å². The maximum Gasteiger partial charge on any atom is 0.308 e. The molecule has 5 nitrogen and oxygen atoms in total. The molecule has 0 spiro atoms. The van der Waals surface area contributed by atoms with Gasteiger partial charge in [-0.1, -0.05) is 30.3 Å². The first-order valence-electron chi connectivity index (χ1n) is 6.41. The van der Waals surface area contributed by atoms with Gasteiger partial charge in [-0.25, -0.2) is 5.01 Å². The summed E-state index contributed by atoms with van der Waals surface area (Å²) >= 11 is 0.986. The smallest absolute Gasteiger partial charge is 0.308 e. The van der Waals surface area contributed by atoms with Gasteiger partial charge < -0.3 is 4.74 Å². The molecule has 2 heterocycles. The number of hydrogen-bond acceptors (Lipinski definition) is 5. The van der Waals surface area contributed by atoms with Gasteiger partial charge in [-0.3, -0.25) is 9.59 Å². The molecule has 2 aliphatic rings. The van der Waals surface area contributed by atoms with Gasteiger partial charge in [0.05, 0.1) is 18.1 Å². The summed E-state index contributed by atoms with van der Waals surface area (Å²) in [5, 5.41) is 2.76. The number of hydrogen-bond donors (Lipinski definition) is 0. The standard InChI is InChI=1S/C14H14N2O3S/c17-13-12(10-11-4-2-1-3-5-11)20-14(18)16(13)15-6-8-19-9-7-15/h1-5,10H,6-9H2/b12-10+. The van der Waals surface area contributed by atoms with Crippen LogP contribution in [0.25, 0.3) is 6.08 Å². The number of thioether (sulfide) groups is 1. The quantitative estimate of drug-likeness (QED) is 0.779. The molecule has 0 atom stereocenters. The molecule has 2 amide bonds. The fraction of sp³-hybridized carbons (Fsp3) is 0.286. The van der Waals surface area contributed by atoms with Gasteiger partial charge in [-0.15, -0.1) is 0 Å². The molecule has 3 rings (SSSR count). The highest BCUT2D eigenvalue weighted by molar-refractivity contribution is 8.18. The Balaban J connectivity index is 1.81. The largest absolute Gasteiger partial charge is 0.379 e. The van der Waals surface area contributed by atoms with Crippen LogP contribution in [-0.2, 0) is 9.53 Å². The van der Waals surface area contributed by atoms with Crippen LogP contribution < -0.4 is 0 Å². The first-order chi connectivity index (χ1) is 9.75. The van der Waals surface area contributed by atoms with E-state index in [1.54, 1.807) is 11.1 Å². The fourth-order valence-electron chi connectivity index (χ4n) is 2.16. The molecule has 0 unspecified atom stereocenters. The van der Waals surface area contributed by atoms with Crippen molar-refractivity contribution in [3.8, 4) is 0 Å². The Labute approximate surface area is 121 Å². The van der Waals surface area contributed by atoms with Crippen LogP contribution in [0.3, 0.4) is 0 Å². The highest BCUT2D eigenvalue weighted by atomic mass is 32.2. The second kappa shape index (κ2) is 5.78. The molecule has 0 radical (unpaired) electrons. The van der Waals surface area contributed by atoms with E-state index in [9.17, 15) is 9.59 Å². The van der Waals surface area contributed by atoms with E-state index in [1.165, 1.54) is 5.01 Å². The topological polar surface area (TPSA) is 49.9 Å². The van der Waals surface area contributed by atoms with E-state index in [2.05, 4.69) is 0 Å². The zero-order chi connectivity index (χ0) is 13.9. The third kappa shape index (κ3) is 2.63. The molecule has 2 fully saturated rings. The summed E-state index contributed by atoms with van der Waals surface area (Å²) in [5.41, 5.74) is 0.917. The number of ether oxygens (including phenoxy) is 1. The number of rotatable bonds is 2. The van der Waals surface area contributed by atoms with Gasteiger partial charge in [0.1, 0.15) is 0 Å². The first kappa shape index (κ1) is 13.4. The van der Waals surface area contributed by atoms with Crippen molar-refractivity contribution in [2.24, 2.45) is 0 Å². The maximum absolute atomic E-state index is 12.4. The van der Waals surface area contributed by atoms with E-state index in [0.29, 0.717) is 31.2 Å². The van der Waals surface area contributed by atoms with Crippen LogP contribution in [0.1, 0.15) is 5.56 Å². The highest BCUT2D eigenvalue weighted by Gasteiger charge is 2.39. The van der Waals surface area contributed by atoms with Crippen LogP contribution in [0, 0.1) is 0 Å². The minimum absolute atomic E-state index is 0.237. The monoisotopic (exact) mass is 290 g/mol. The van der Waals surface area contributed by atoms with E-state index in [-0.39, 0.29) is 11.1 Å². The number of imide groups is 1. The van der Waals surface area contributed by atoms with E-state index in [4.69, 9.17) is 4.74 Å². The van der Waals surface area contributed by atoms with Crippen LogP contribution in [0.15, 0.2) is 35.2 Å². The maximum atomic E-state index is 12.4. The molecule has 0 N–H and O–H groups in total. The molecule has 6 heteroatoms. The molecule has 0 saturated carbocycles. The number of nitrogens with zero attached hydrogens (tertiary/aromatic N) is 2. The van der Waals surface area contributed by atoms with E-state index < -0.39 is 0 Å². The summed E-state index contributed by atoms with van der Waals surface area (Å²) in [6, 6.07) is 9.53. The summed E-state index contributed by atoms with van der Waals surface area (Å²) < 4.78 is 5.24. The third-order valence-electron chi connectivity index (χ3n) is 3.14. The number of amides is 2. The number of hydrazine groups is 1. The minimum Gasteiger partial charge on any atom is -0.379 e. The lowest BCUT2D eigenvalue weighted by molar-refractivity contribution is -0.140. The molecule has 2 saturated heterocycles. The minimum atomic E-state index is -0.245. The Morgan fingerprint density at radius 2 is 1.80 bits per heavy atom. The Morgan fingerprint density at radius 1 is 1.10 bits per heavy atom. The van der Waals surface area contributed by atoms with Gasteiger partial charge in [0.15, 0.2) is 0 Å². The molecule has 0 bridgehead atoms. The molecule has 0 aromatic heterocycles. The highest BCUT2D eigenvalue weighted by Crippen LogP contribution is 2.33. The average molecular weight is 290 g/mol. The molecule has 1 aromatic carbocycles. The van der Waals surface area contributed by atoms with Crippen LogP contribution in [0.5, 0.6) is 0 Å². The van der Waals surface area contributed by atoms with Crippen molar-refractivity contribution in [1.29, 1.82) is 0 Å². The van der Waals surface area contributed by atoms with Gasteiger partial charge in [0, 0.05) is 13.1 Å². The zero-order valence-electron chi connectivity index (χ0n) is 10.8. The summed E-state index contributed by atoms with van der Waals surface area (Å²) in [6.45, 7) is 2.21. The first-order valence-corrected chi connectivity index (χ1v) is 7.23. The van der Waals surface area contributed by atoms with Crippen LogP contribution in [0.2, 0.25) is 0 Å². The number of carbonyl (C=O) groups is 2. The molecule has 20 heavy (non-hydrogen) atoms. The number of carbonyl (C=O) groups excluding carboxylic acids is 2. The fourth-order valence-corrected chi connectivity index (χ4v) is 3.00. The van der Waals surface area contributed by atoms with E-state index in [1.807, 2.05) is 30.3 Å². The second-order valence-corrected chi connectivity index (χ2v) is 5.46. The van der Waals surface area contributed by atoms with E-state index in [0.717, 1.165) is 17.3 Å². The van der Waals surface area contributed by atoms with Crippen molar-refractivity contribution in [2.45, 2.75) is 0 Å². The van der Waals surface area contributed by atoms with Crippen molar-refractivity contribution in [3.63, 3.8) is 0 Å². The normalized spacial score (nSPS) is 22.8. The van der Waals surface area contributed by atoms with Crippen molar-refractivity contribution in [3.05, 3.63) is 40.8 Å². The molecule has 104 valence electrons. The SMILES string of the molecule is O=C1S/C(=C/c2ccccc2)C(=O)N1N1CCOCC1. The van der Waals surface area contributed by atoms with Crippen molar-refractivity contribution >= 4 is 29.0 Å². The average Bonchev–Trinajstić information content (AvgIpc) is 2.75. The Morgan fingerprint density at radius 3 is 2.50 bits per heavy atom. The van der Waals surface area contributed by atoms with E-state index >= 15 is 0 Å². The van der Waals surface area contributed by atoms with Gasteiger partial charge in [-0.2, -0.15) is 5.01 Å². The summed E-state index contributed by atoms with van der Waals surface area (Å²) in [4.78, 5) is 24.8. The van der Waals surface area contributed by atoms with Gasteiger partial charge in [0.2, 0.25) is 0 Å². The molecular formula is C14H14N2O3S. The van der Waals surface area contributed by atoms with Crippen LogP contribution in [-0.4, -0.2) is 47.5 Å². The lowest BCUT2D eigenvalue weighted by Crippen LogP contribution is -2.50. The Bertz CT molecular complexity index is 553. The van der Waals surface area contributed by atoms with Gasteiger partial charge in [-0.05, 0) is 23.4 Å². The summed E-state index contributed by atoms with van der Waals surface area (Å²) in [5.74, 6) is -0.245. The predicted molar refractivity (Wildman–Crippen MR) is 76.6 cm³/mol. The molecule has 0 aliphatic carbocycles. The number of benzene rings is 1. The van der Waals surface area contributed by atoms with Gasteiger partial charge >= 0.3 is 5.24 Å². The third-order valence-corrected chi connectivity index (χ3v) is 4.00. The van der Waals surface area contributed by atoms with Crippen molar-refractivity contribution in [2.75, 3.05) is 26.3 Å². The molecule has 1 aromatic rings. The number of morpholine rings is 1. The zero-order valence-corrected chi connectivity index (χ0v) is 11.6. The molecule has 2 aliphatic heterocycles. The predicted octanol–water partition coefficient (Wildman–Crippen LogP) is 1.97. The Kier molecular flexibility index (Phi) is 3.86. The summed E-state index contributed by atoms with van der Waals surface area (Å²) in [6.07, 6.45) is 1.76. The lowest BCUT2D eigenvalue weighted by atomic mass is 10.2.